The Morgan fingerprint density at radius 1 is 1.35 bits per heavy atom. The molecule has 0 fully saturated rings. The van der Waals surface area contributed by atoms with Crippen LogP contribution in [0, 0.1) is 5.92 Å². The number of nitrogens with zero attached hydrogens (tertiary/aromatic N) is 1. The predicted octanol–water partition coefficient (Wildman–Crippen LogP) is 0.818. The van der Waals surface area contributed by atoms with Crippen LogP contribution in [0.5, 0.6) is 0 Å². The summed E-state index contributed by atoms with van der Waals surface area (Å²) in [6, 6.07) is 0. The van der Waals surface area contributed by atoms with E-state index in [1.807, 2.05) is 0 Å². The van der Waals surface area contributed by atoms with Gasteiger partial charge in [0, 0.05) is 13.1 Å². The van der Waals surface area contributed by atoms with Gasteiger partial charge in [-0.3, -0.25) is 4.79 Å². The first-order valence-electron chi connectivity index (χ1n) is 6.25. The van der Waals surface area contributed by atoms with Gasteiger partial charge < -0.3 is 19.8 Å². The molecule has 0 bridgehead atoms. The molecule has 17 heavy (non-hydrogen) atoms. The molecule has 0 amide bonds. The maximum atomic E-state index is 10.8. The van der Waals surface area contributed by atoms with Crippen molar-refractivity contribution in [3.63, 3.8) is 0 Å². The van der Waals surface area contributed by atoms with Gasteiger partial charge in [-0.15, -0.1) is 0 Å². The Hall–Kier alpha value is -0.650. The van der Waals surface area contributed by atoms with Gasteiger partial charge in [0.1, 0.15) is 0 Å². The van der Waals surface area contributed by atoms with Gasteiger partial charge in [0.05, 0.1) is 25.7 Å². The number of hydrogen-bond donors (Lipinski definition) is 2. The topological polar surface area (TPSA) is 70.0 Å². The quantitative estimate of drug-likeness (QED) is 0.529. The molecule has 1 atom stereocenters. The summed E-state index contributed by atoms with van der Waals surface area (Å²) in [7, 11) is 0. The van der Waals surface area contributed by atoms with E-state index < -0.39 is 5.97 Å². The predicted molar refractivity (Wildman–Crippen MR) is 66.1 cm³/mol. The van der Waals surface area contributed by atoms with E-state index in [1.165, 1.54) is 0 Å². The third kappa shape index (κ3) is 9.09. The van der Waals surface area contributed by atoms with Gasteiger partial charge in [-0.25, -0.2) is 0 Å². The molecular formula is C12H25NO4. The van der Waals surface area contributed by atoms with Gasteiger partial charge in [-0.1, -0.05) is 20.3 Å². The van der Waals surface area contributed by atoms with Gasteiger partial charge in [0.25, 0.3) is 0 Å². The zero-order chi connectivity index (χ0) is 13.1. The highest BCUT2D eigenvalue weighted by Crippen LogP contribution is 2.02. The van der Waals surface area contributed by atoms with Crippen LogP contribution in [0.2, 0.25) is 0 Å². The number of hydrogen-bond acceptors (Lipinski definition) is 4. The second-order valence-electron chi connectivity index (χ2n) is 4.23. The fraction of sp³-hybridized carbons (Fsp3) is 0.917. The third-order valence-corrected chi connectivity index (χ3v) is 2.57. The molecule has 0 aliphatic carbocycles. The largest absolute Gasteiger partial charge is 0.481 e. The normalized spacial score (nSPS) is 12.9. The van der Waals surface area contributed by atoms with E-state index in [4.69, 9.17) is 14.9 Å². The Morgan fingerprint density at radius 3 is 2.59 bits per heavy atom. The van der Waals surface area contributed by atoms with Crippen LogP contribution >= 0.6 is 0 Å². The van der Waals surface area contributed by atoms with Crippen molar-refractivity contribution in [2.24, 2.45) is 5.92 Å². The van der Waals surface area contributed by atoms with Crippen LogP contribution < -0.4 is 0 Å². The Labute approximate surface area is 103 Å². The molecule has 5 heteroatoms. The minimum Gasteiger partial charge on any atom is -0.481 e. The zero-order valence-corrected chi connectivity index (χ0v) is 10.9. The number of unbranched alkanes of at least 4 members (excludes halogenated alkanes) is 1. The fourth-order valence-corrected chi connectivity index (χ4v) is 1.50. The maximum absolute atomic E-state index is 10.8. The van der Waals surface area contributed by atoms with Gasteiger partial charge >= 0.3 is 5.97 Å². The highest BCUT2D eigenvalue weighted by molar-refractivity contribution is 5.69. The molecule has 0 aliphatic rings. The van der Waals surface area contributed by atoms with Crippen molar-refractivity contribution >= 4 is 5.97 Å². The highest BCUT2D eigenvalue weighted by atomic mass is 16.5. The number of carboxylic acids is 1. The lowest BCUT2D eigenvalue weighted by Gasteiger charge is -2.23. The molecule has 5 nitrogen and oxygen atoms in total. The van der Waals surface area contributed by atoms with Crippen molar-refractivity contribution in [2.75, 3.05) is 39.5 Å². The number of aliphatic hydroxyl groups excluding tert-OH is 1. The molecule has 0 radical (unpaired) electrons. The lowest BCUT2D eigenvalue weighted by molar-refractivity contribution is -0.141. The van der Waals surface area contributed by atoms with E-state index in [0.29, 0.717) is 19.8 Å². The average Bonchev–Trinajstić information content (AvgIpc) is 2.30. The molecule has 1 unspecified atom stereocenters. The summed E-state index contributed by atoms with van der Waals surface area (Å²) in [5.74, 6) is -1.12. The lowest BCUT2D eigenvalue weighted by atomic mass is 10.1. The van der Waals surface area contributed by atoms with E-state index in [1.54, 1.807) is 6.92 Å². The summed E-state index contributed by atoms with van der Waals surface area (Å²) < 4.78 is 5.20. The molecule has 2 N–H and O–H groups in total. The van der Waals surface area contributed by atoms with E-state index in [2.05, 4.69) is 11.8 Å². The Bertz CT molecular complexity index is 199. The van der Waals surface area contributed by atoms with Crippen molar-refractivity contribution in [2.45, 2.75) is 26.7 Å². The lowest BCUT2D eigenvalue weighted by Crippen LogP contribution is -2.35. The smallest absolute Gasteiger partial charge is 0.307 e. The molecule has 0 rings (SSSR count). The van der Waals surface area contributed by atoms with Gasteiger partial charge in [0.2, 0.25) is 0 Å². The SMILES string of the molecule is CCCCN(CCOCCO)CC(C)C(=O)O. The van der Waals surface area contributed by atoms with E-state index in [0.717, 1.165) is 25.9 Å². The Morgan fingerprint density at radius 2 is 2.06 bits per heavy atom. The minimum absolute atomic E-state index is 0.0283. The van der Waals surface area contributed by atoms with E-state index in [9.17, 15) is 4.79 Å². The summed E-state index contributed by atoms with van der Waals surface area (Å²) >= 11 is 0. The number of aliphatic carboxylic acids is 1. The van der Waals surface area contributed by atoms with Crippen molar-refractivity contribution < 1.29 is 19.7 Å². The highest BCUT2D eigenvalue weighted by Gasteiger charge is 2.15. The zero-order valence-electron chi connectivity index (χ0n) is 10.9. The molecule has 0 aromatic carbocycles. The minimum atomic E-state index is -0.761. The molecule has 0 spiro atoms. The van der Waals surface area contributed by atoms with Crippen LogP contribution in [0.4, 0.5) is 0 Å². The summed E-state index contributed by atoms with van der Waals surface area (Å²) in [6.07, 6.45) is 2.15. The van der Waals surface area contributed by atoms with Gasteiger partial charge in [-0.2, -0.15) is 0 Å². The van der Waals surface area contributed by atoms with Gasteiger partial charge in [0.15, 0.2) is 0 Å². The molecule has 0 heterocycles. The van der Waals surface area contributed by atoms with Gasteiger partial charge in [-0.05, 0) is 13.0 Å². The monoisotopic (exact) mass is 247 g/mol. The molecule has 0 saturated carbocycles. The Kier molecular flexibility index (Phi) is 10.1. The Balaban J connectivity index is 3.90. The van der Waals surface area contributed by atoms with E-state index in [-0.39, 0.29) is 12.5 Å². The molecular weight excluding hydrogens is 222 g/mol. The summed E-state index contributed by atoms with van der Waals surface area (Å²) in [5, 5.41) is 17.4. The van der Waals surface area contributed by atoms with Crippen molar-refractivity contribution in [3.05, 3.63) is 0 Å². The number of carboxylic acid groups (broad SMARTS) is 1. The average molecular weight is 247 g/mol. The van der Waals surface area contributed by atoms with Crippen LogP contribution in [0.25, 0.3) is 0 Å². The van der Waals surface area contributed by atoms with Crippen LogP contribution in [-0.2, 0) is 9.53 Å². The second-order valence-corrected chi connectivity index (χ2v) is 4.23. The standard InChI is InChI=1S/C12H25NO4/c1-3-4-5-13(6-8-17-9-7-14)10-11(2)12(15)16/h11,14H,3-10H2,1-2H3,(H,15,16). The molecule has 0 aromatic heterocycles. The first-order valence-corrected chi connectivity index (χ1v) is 6.25. The summed E-state index contributed by atoms with van der Waals surface area (Å²) in [5.41, 5.74) is 0. The second kappa shape index (κ2) is 10.5. The summed E-state index contributed by atoms with van der Waals surface area (Å²) in [4.78, 5) is 12.9. The number of ether oxygens (including phenoxy) is 1. The molecule has 0 aromatic rings. The first kappa shape index (κ1) is 16.4. The summed E-state index contributed by atoms with van der Waals surface area (Å²) in [6.45, 7) is 6.91. The molecule has 102 valence electrons. The van der Waals surface area contributed by atoms with Crippen LogP contribution in [0.1, 0.15) is 26.7 Å². The van der Waals surface area contributed by atoms with E-state index >= 15 is 0 Å². The van der Waals surface area contributed by atoms with Crippen molar-refractivity contribution in [1.82, 2.24) is 4.90 Å². The van der Waals surface area contributed by atoms with Crippen molar-refractivity contribution in [1.29, 1.82) is 0 Å². The number of aliphatic hydroxyl groups is 1. The number of carbonyl (C=O) groups is 1. The van der Waals surface area contributed by atoms with Crippen molar-refractivity contribution in [3.8, 4) is 0 Å². The fourth-order valence-electron chi connectivity index (χ4n) is 1.50. The molecule has 0 aliphatic heterocycles. The first-order chi connectivity index (χ1) is 8.11. The third-order valence-electron chi connectivity index (χ3n) is 2.57. The van der Waals surface area contributed by atoms with Crippen LogP contribution in [-0.4, -0.2) is 60.5 Å². The van der Waals surface area contributed by atoms with Crippen LogP contribution in [0.15, 0.2) is 0 Å². The number of rotatable bonds is 11. The maximum Gasteiger partial charge on any atom is 0.307 e. The van der Waals surface area contributed by atoms with Crippen LogP contribution in [0.3, 0.4) is 0 Å². The molecule has 0 saturated heterocycles.